The van der Waals surface area contributed by atoms with Crippen molar-refractivity contribution in [3.8, 4) is 5.75 Å². The van der Waals surface area contributed by atoms with Crippen LogP contribution in [0.2, 0.25) is 0 Å². The van der Waals surface area contributed by atoms with E-state index in [1.807, 2.05) is 18.2 Å². The quantitative estimate of drug-likeness (QED) is 0.353. The highest BCUT2D eigenvalue weighted by molar-refractivity contribution is 7.88. The Kier molecular flexibility index (Phi) is 9.35. The first-order valence-corrected chi connectivity index (χ1v) is 14.3. The molecule has 0 aliphatic carbocycles. The number of hydrogen-bond donors (Lipinski definition) is 2. The molecule has 2 aromatic carbocycles. The fraction of sp³-hybridized carbons (Fsp3) is 0.360. The fourth-order valence-corrected chi connectivity index (χ4v) is 5.92. The van der Waals surface area contributed by atoms with Crippen LogP contribution in [-0.4, -0.2) is 52.0 Å². The van der Waals surface area contributed by atoms with Gasteiger partial charge in [0, 0.05) is 37.3 Å². The number of anilines is 1. The summed E-state index contributed by atoms with van der Waals surface area (Å²) in [5, 5.41) is 10.1. The van der Waals surface area contributed by atoms with Gasteiger partial charge in [0.15, 0.2) is 13.2 Å². The number of carboxylic acids is 1. The number of thiazole rings is 1. The highest BCUT2D eigenvalue weighted by Gasteiger charge is 2.28. The molecule has 0 saturated heterocycles. The van der Waals surface area contributed by atoms with Gasteiger partial charge >= 0.3 is 5.97 Å². The maximum atomic E-state index is 11.3. The van der Waals surface area contributed by atoms with Gasteiger partial charge < -0.3 is 27.2 Å². The van der Waals surface area contributed by atoms with E-state index in [-0.39, 0.29) is 19.0 Å². The number of sulfonamides is 1. The third kappa shape index (κ3) is 6.97. The van der Waals surface area contributed by atoms with Crippen molar-refractivity contribution >= 4 is 54.9 Å². The number of likely N-dealkylation sites (N-methyl/N-ethyl adjacent to an activating group) is 1. The second kappa shape index (κ2) is 12.1. The molecule has 0 atom stereocenters. The zero-order valence-electron chi connectivity index (χ0n) is 20.2. The van der Waals surface area contributed by atoms with Crippen molar-refractivity contribution in [1.29, 1.82) is 0 Å². The van der Waals surface area contributed by atoms with Crippen LogP contribution in [0, 0.1) is 0 Å². The summed E-state index contributed by atoms with van der Waals surface area (Å²) in [5.41, 5.74) is 4.52. The van der Waals surface area contributed by atoms with Crippen LogP contribution in [0.5, 0.6) is 5.75 Å². The number of ether oxygens (including phenoxy) is 1. The Balaban J connectivity index is 0.00000361. The van der Waals surface area contributed by atoms with E-state index >= 15 is 0 Å². The number of aromatic nitrogens is 1. The molecule has 2 N–H and O–H groups in total. The minimum Gasteiger partial charge on any atom is -1.00 e. The number of carbonyl (C=O) groups is 1. The Morgan fingerprint density at radius 1 is 1.25 bits per heavy atom. The third-order valence-corrected chi connectivity index (χ3v) is 7.83. The zero-order valence-corrected chi connectivity index (χ0v) is 22.6. The summed E-state index contributed by atoms with van der Waals surface area (Å²) in [5.74, 6) is -0.430. The van der Waals surface area contributed by atoms with Gasteiger partial charge in [0.2, 0.25) is 15.5 Å². The first-order chi connectivity index (χ1) is 16.7. The van der Waals surface area contributed by atoms with E-state index < -0.39 is 16.0 Å². The molecular formula is C25H30ClN3O5S2. The van der Waals surface area contributed by atoms with Crippen molar-refractivity contribution in [3.63, 3.8) is 0 Å². The molecule has 1 aromatic heterocycles. The Hall–Kier alpha value is -2.66. The van der Waals surface area contributed by atoms with Gasteiger partial charge in [0.25, 0.3) is 5.01 Å². The average molecular weight is 552 g/mol. The maximum Gasteiger partial charge on any atom is 0.341 e. The standard InChI is InChI=1S/C25H29N3O5S2.ClH/c1-3-27(14-12-26-35(2,31)32)20-8-6-18(7-9-20)15-19-5-4-13-28-22-16-21(33-17-24(29)30)10-11-23(22)34-25(19)28;/h6-11,15-16,26H,3-5,12-14,17H2,1-2H3;1H. The predicted octanol–water partition coefficient (Wildman–Crippen LogP) is 0.366. The third-order valence-electron chi connectivity index (χ3n) is 5.86. The van der Waals surface area contributed by atoms with E-state index in [4.69, 9.17) is 9.84 Å². The second-order valence-electron chi connectivity index (χ2n) is 8.48. The molecule has 0 spiro atoms. The van der Waals surface area contributed by atoms with Crippen LogP contribution in [0.15, 0.2) is 42.5 Å². The van der Waals surface area contributed by atoms with E-state index in [0.29, 0.717) is 18.8 Å². The van der Waals surface area contributed by atoms with Crippen LogP contribution in [0.3, 0.4) is 0 Å². The number of rotatable bonds is 10. The molecule has 0 fully saturated rings. The lowest BCUT2D eigenvalue weighted by Gasteiger charge is -2.23. The van der Waals surface area contributed by atoms with Gasteiger partial charge in [-0.05, 0) is 49.2 Å². The monoisotopic (exact) mass is 551 g/mol. The molecular weight excluding hydrogens is 522 g/mol. The molecule has 4 rings (SSSR count). The molecule has 0 amide bonds. The molecule has 11 heteroatoms. The van der Waals surface area contributed by atoms with Gasteiger partial charge in [0.1, 0.15) is 10.4 Å². The van der Waals surface area contributed by atoms with Crippen LogP contribution < -0.4 is 31.3 Å². The SMILES string of the molecule is CCN(CCNS(C)(=O)=O)c1ccc(C=C2CCC[n+]3c2sc2ccc(OCC(=O)O)cc23)cc1.[Cl-]. The number of aryl methyl sites for hydroxylation is 1. The van der Waals surface area contributed by atoms with Crippen molar-refractivity contribution in [1.82, 2.24) is 4.72 Å². The summed E-state index contributed by atoms with van der Waals surface area (Å²) >= 11 is 1.74. The molecule has 0 unspecified atom stereocenters. The molecule has 0 bridgehead atoms. The van der Waals surface area contributed by atoms with Gasteiger partial charge in [-0.25, -0.2) is 17.9 Å². The molecule has 194 valence electrons. The Bertz CT molecular complexity index is 1350. The lowest BCUT2D eigenvalue weighted by atomic mass is 10.0. The smallest absolute Gasteiger partial charge is 0.341 e. The lowest BCUT2D eigenvalue weighted by molar-refractivity contribution is -0.672. The molecule has 0 radical (unpaired) electrons. The largest absolute Gasteiger partial charge is 1.00 e. The molecule has 0 saturated carbocycles. The topological polar surface area (TPSA) is 99.8 Å². The summed E-state index contributed by atoms with van der Waals surface area (Å²) in [4.78, 5) is 13.0. The minimum atomic E-state index is -3.19. The van der Waals surface area contributed by atoms with Gasteiger partial charge in [-0.1, -0.05) is 23.5 Å². The van der Waals surface area contributed by atoms with E-state index in [9.17, 15) is 13.2 Å². The van der Waals surface area contributed by atoms with Crippen LogP contribution in [0.1, 0.15) is 30.3 Å². The first kappa shape index (κ1) is 27.9. The van der Waals surface area contributed by atoms with Crippen molar-refractivity contribution in [2.24, 2.45) is 0 Å². The Labute approximate surface area is 221 Å². The molecule has 1 aliphatic heterocycles. The van der Waals surface area contributed by atoms with Crippen molar-refractivity contribution in [2.75, 3.05) is 37.4 Å². The Morgan fingerprint density at radius 3 is 2.67 bits per heavy atom. The number of hydrogen-bond acceptors (Lipinski definition) is 6. The summed E-state index contributed by atoms with van der Waals surface area (Å²) in [6, 6.07) is 14.1. The predicted molar refractivity (Wildman–Crippen MR) is 139 cm³/mol. The van der Waals surface area contributed by atoms with Crippen molar-refractivity contribution in [3.05, 3.63) is 53.0 Å². The number of aliphatic carboxylic acids is 1. The van der Waals surface area contributed by atoms with Crippen molar-refractivity contribution < 1.29 is 40.0 Å². The second-order valence-corrected chi connectivity index (χ2v) is 11.3. The van der Waals surface area contributed by atoms with Gasteiger partial charge in [-0.15, -0.1) is 0 Å². The summed E-state index contributed by atoms with van der Waals surface area (Å²) in [7, 11) is -3.19. The van der Waals surface area contributed by atoms with Crippen LogP contribution >= 0.6 is 11.3 Å². The molecule has 3 aromatic rings. The number of carboxylic acid groups (broad SMARTS) is 1. The highest BCUT2D eigenvalue weighted by atomic mass is 35.5. The van der Waals surface area contributed by atoms with E-state index in [0.717, 1.165) is 47.4 Å². The lowest BCUT2D eigenvalue weighted by Crippen LogP contribution is -3.00. The Morgan fingerprint density at radius 2 is 2.00 bits per heavy atom. The fourth-order valence-electron chi connectivity index (χ4n) is 4.25. The molecule has 2 heterocycles. The molecule has 8 nitrogen and oxygen atoms in total. The maximum absolute atomic E-state index is 11.3. The molecule has 1 aliphatic rings. The van der Waals surface area contributed by atoms with Gasteiger partial charge in [-0.3, -0.25) is 0 Å². The zero-order chi connectivity index (χ0) is 25.0. The van der Waals surface area contributed by atoms with E-state index in [1.165, 1.54) is 16.8 Å². The number of benzene rings is 2. The number of allylic oxidation sites excluding steroid dienone is 1. The van der Waals surface area contributed by atoms with Crippen molar-refractivity contribution in [2.45, 2.75) is 26.3 Å². The average Bonchev–Trinajstić information content (AvgIpc) is 3.19. The van der Waals surface area contributed by atoms with Gasteiger partial charge in [0.05, 0.1) is 12.3 Å². The highest BCUT2D eigenvalue weighted by Crippen LogP contribution is 2.34. The van der Waals surface area contributed by atoms with Crippen LogP contribution in [0.25, 0.3) is 21.9 Å². The van der Waals surface area contributed by atoms with Crippen LogP contribution in [0.4, 0.5) is 5.69 Å². The van der Waals surface area contributed by atoms with E-state index in [2.05, 4.69) is 51.5 Å². The van der Waals surface area contributed by atoms with Crippen LogP contribution in [-0.2, 0) is 21.4 Å². The number of nitrogens with one attached hydrogen (secondary N) is 1. The summed E-state index contributed by atoms with van der Waals surface area (Å²) < 4.78 is 34.0. The summed E-state index contributed by atoms with van der Waals surface area (Å²) in [6.07, 6.45) is 5.43. The molecule has 36 heavy (non-hydrogen) atoms. The number of halogens is 1. The summed E-state index contributed by atoms with van der Waals surface area (Å²) in [6.45, 7) is 4.37. The number of nitrogens with zero attached hydrogens (tertiary/aromatic N) is 2. The first-order valence-electron chi connectivity index (χ1n) is 11.5. The normalized spacial score (nSPS) is 14.3. The number of fused-ring (bicyclic) bond motifs is 3. The van der Waals surface area contributed by atoms with Gasteiger partial charge in [-0.2, -0.15) is 4.57 Å². The minimum absolute atomic E-state index is 0. The van der Waals surface area contributed by atoms with E-state index in [1.54, 1.807) is 11.3 Å².